The van der Waals surface area contributed by atoms with Crippen LogP contribution in [0.4, 0.5) is 11.6 Å². The summed E-state index contributed by atoms with van der Waals surface area (Å²) < 4.78 is 26.8. The molecule has 112 valence electrons. The van der Waals surface area contributed by atoms with Crippen LogP contribution in [0.1, 0.15) is 11.4 Å². The quantitative estimate of drug-likeness (QED) is 0.823. The first-order valence-corrected chi connectivity index (χ1v) is 7.90. The number of hydrogen-bond donors (Lipinski definition) is 2. The monoisotopic (exact) mass is 347 g/mol. The van der Waals surface area contributed by atoms with E-state index in [1.807, 2.05) is 0 Å². The van der Waals surface area contributed by atoms with Crippen LogP contribution in [0.5, 0.6) is 0 Å². The topological polar surface area (TPSA) is 111 Å². The lowest BCUT2D eigenvalue weighted by Crippen LogP contribution is -2.18. The van der Waals surface area contributed by atoms with Gasteiger partial charge in [0.15, 0.2) is 0 Å². The summed E-state index contributed by atoms with van der Waals surface area (Å²) in [5.74, 6) is -0.163. The van der Waals surface area contributed by atoms with E-state index in [0.29, 0.717) is 11.4 Å². The predicted octanol–water partition coefficient (Wildman–Crippen LogP) is 2.18. The van der Waals surface area contributed by atoms with E-state index in [1.54, 1.807) is 13.8 Å². The number of anilines is 2. The second-order valence-electron chi connectivity index (χ2n) is 4.22. The van der Waals surface area contributed by atoms with Crippen LogP contribution in [0.2, 0.25) is 10.0 Å². The summed E-state index contributed by atoms with van der Waals surface area (Å²) >= 11 is 11.7. The largest absolute Gasteiger partial charge is 0.398 e. The molecule has 1 aromatic heterocycles. The van der Waals surface area contributed by atoms with Crippen LogP contribution in [0.15, 0.2) is 17.0 Å². The molecule has 7 nitrogen and oxygen atoms in total. The van der Waals surface area contributed by atoms with E-state index in [1.165, 1.54) is 12.1 Å². The molecule has 0 spiro atoms. The highest BCUT2D eigenvalue weighted by Crippen LogP contribution is 2.31. The number of halogens is 2. The number of sulfonamides is 1. The first kappa shape index (κ1) is 15.7. The third-order valence-electron chi connectivity index (χ3n) is 2.62. The number of nitrogens with zero attached hydrogens (tertiary/aromatic N) is 3. The van der Waals surface area contributed by atoms with Gasteiger partial charge >= 0.3 is 0 Å². The number of aryl methyl sites for hydroxylation is 2. The lowest BCUT2D eigenvalue weighted by atomic mass is 10.3. The fraction of sp³-hybridized carbons (Fsp3) is 0.182. The molecule has 0 saturated carbocycles. The summed E-state index contributed by atoms with van der Waals surface area (Å²) in [7, 11) is -4.05. The molecule has 10 heteroatoms. The highest BCUT2D eigenvalue weighted by molar-refractivity contribution is 7.93. The van der Waals surface area contributed by atoms with Gasteiger partial charge < -0.3 is 5.73 Å². The van der Waals surface area contributed by atoms with Crippen molar-refractivity contribution in [2.24, 2.45) is 0 Å². The van der Waals surface area contributed by atoms with Crippen molar-refractivity contribution in [1.82, 2.24) is 15.2 Å². The Kier molecular flexibility index (Phi) is 4.22. The molecule has 2 rings (SSSR count). The normalized spacial score (nSPS) is 11.4. The van der Waals surface area contributed by atoms with Crippen molar-refractivity contribution in [3.8, 4) is 0 Å². The number of nitrogens with two attached hydrogens (primary N) is 1. The van der Waals surface area contributed by atoms with Gasteiger partial charge in [0.05, 0.1) is 22.1 Å². The molecule has 0 unspecified atom stereocenters. The standard InChI is InChI=1S/C11H11Cl2N5O2S/c1-5-6(2)16-17-11(15-5)18-21(19,20)10-8(13)3-7(12)4-9(10)14/h3-4H,14H2,1-2H3,(H,15,17,18). The van der Waals surface area contributed by atoms with Crippen molar-refractivity contribution in [3.05, 3.63) is 33.6 Å². The van der Waals surface area contributed by atoms with Gasteiger partial charge in [-0.05, 0) is 26.0 Å². The van der Waals surface area contributed by atoms with Gasteiger partial charge in [-0.25, -0.2) is 18.1 Å². The van der Waals surface area contributed by atoms with E-state index < -0.39 is 10.0 Å². The molecule has 2 aromatic rings. The van der Waals surface area contributed by atoms with Gasteiger partial charge in [-0.1, -0.05) is 23.2 Å². The molecule has 0 atom stereocenters. The summed E-state index contributed by atoms with van der Waals surface area (Å²) in [6, 6.07) is 2.58. The molecule has 0 aliphatic heterocycles. The van der Waals surface area contributed by atoms with Crippen LogP contribution in [-0.4, -0.2) is 23.6 Å². The summed E-state index contributed by atoms with van der Waals surface area (Å²) in [5.41, 5.74) is 6.75. The van der Waals surface area contributed by atoms with Crippen LogP contribution in [0, 0.1) is 13.8 Å². The second-order valence-corrected chi connectivity index (χ2v) is 6.68. The minimum atomic E-state index is -4.05. The van der Waals surface area contributed by atoms with Crippen molar-refractivity contribution in [2.75, 3.05) is 10.5 Å². The number of nitrogen functional groups attached to an aromatic ring is 1. The van der Waals surface area contributed by atoms with Crippen molar-refractivity contribution >= 4 is 44.9 Å². The average Bonchev–Trinajstić information content (AvgIpc) is 2.31. The molecule has 0 radical (unpaired) electrons. The number of aromatic nitrogens is 3. The molecule has 0 aliphatic rings. The summed E-state index contributed by atoms with van der Waals surface area (Å²) in [4.78, 5) is 3.70. The van der Waals surface area contributed by atoms with E-state index >= 15 is 0 Å². The maximum absolute atomic E-state index is 12.3. The third-order valence-corrected chi connectivity index (χ3v) is 4.70. The van der Waals surface area contributed by atoms with Gasteiger partial charge in [0, 0.05) is 5.02 Å². The number of benzene rings is 1. The third kappa shape index (κ3) is 3.34. The first-order valence-electron chi connectivity index (χ1n) is 5.66. The number of nitrogens with one attached hydrogen (secondary N) is 1. The average molecular weight is 348 g/mol. The van der Waals surface area contributed by atoms with Gasteiger partial charge in [-0.2, -0.15) is 5.10 Å². The Morgan fingerprint density at radius 3 is 2.38 bits per heavy atom. The van der Waals surface area contributed by atoms with Gasteiger partial charge in [-0.3, -0.25) is 0 Å². The Morgan fingerprint density at radius 2 is 1.81 bits per heavy atom. The van der Waals surface area contributed by atoms with Crippen molar-refractivity contribution < 1.29 is 8.42 Å². The lowest BCUT2D eigenvalue weighted by molar-refractivity contribution is 0.601. The molecule has 0 fully saturated rings. The number of hydrogen-bond acceptors (Lipinski definition) is 6. The molecule has 0 bridgehead atoms. The maximum Gasteiger partial charge on any atom is 0.267 e. The highest BCUT2D eigenvalue weighted by atomic mass is 35.5. The van der Waals surface area contributed by atoms with E-state index in [4.69, 9.17) is 28.9 Å². The van der Waals surface area contributed by atoms with Crippen LogP contribution < -0.4 is 10.5 Å². The molecule has 0 amide bonds. The fourth-order valence-electron chi connectivity index (χ4n) is 1.54. The Labute approximate surface area is 131 Å². The summed E-state index contributed by atoms with van der Waals surface area (Å²) in [6.45, 7) is 3.40. The zero-order valence-electron chi connectivity index (χ0n) is 11.1. The van der Waals surface area contributed by atoms with Crippen LogP contribution >= 0.6 is 23.2 Å². The van der Waals surface area contributed by atoms with Crippen molar-refractivity contribution in [3.63, 3.8) is 0 Å². The Morgan fingerprint density at radius 1 is 1.14 bits per heavy atom. The van der Waals surface area contributed by atoms with E-state index in [0.717, 1.165) is 0 Å². The lowest BCUT2D eigenvalue weighted by Gasteiger charge is -2.11. The van der Waals surface area contributed by atoms with E-state index in [9.17, 15) is 8.42 Å². The second kappa shape index (κ2) is 5.63. The minimum absolute atomic E-state index is 0.0724. The Hall–Kier alpha value is -1.64. The van der Waals surface area contributed by atoms with E-state index in [2.05, 4.69) is 19.9 Å². The highest BCUT2D eigenvalue weighted by Gasteiger charge is 2.23. The van der Waals surface area contributed by atoms with E-state index in [-0.39, 0.29) is 26.6 Å². The van der Waals surface area contributed by atoms with Gasteiger partial charge in [0.1, 0.15) is 4.90 Å². The maximum atomic E-state index is 12.3. The molecule has 1 heterocycles. The number of rotatable bonds is 3. The Bertz CT molecular complexity index is 787. The SMILES string of the molecule is Cc1nnc(NS(=O)(=O)c2c(N)cc(Cl)cc2Cl)nc1C. The smallest absolute Gasteiger partial charge is 0.267 e. The molecular formula is C11H11Cl2N5O2S. The van der Waals surface area contributed by atoms with Crippen LogP contribution in [-0.2, 0) is 10.0 Å². The molecule has 3 N–H and O–H groups in total. The molecule has 0 aliphatic carbocycles. The fourth-order valence-corrected chi connectivity index (χ4v) is 3.46. The zero-order chi connectivity index (χ0) is 15.8. The van der Waals surface area contributed by atoms with Crippen molar-refractivity contribution in [2.45, 2.75) is 18.7 Å². The van der Waals surface area contributed by atoms with Gasteiger partial charge in [-0.15, -0.1) is 5.10 Å². The van der Waals surface area contributed by atoms with Gasteiger partial charge in [0.2, 0.25) is 0 Å². The van der Waals surface area contributed by atoms with Crippen molar-refractivity contribution in [1.29, 1.82) is 0 Å². The van der Waals surface area contributed by atoms with Crippen LogP contribution in [0.3, 0.4) is 0 Å². The molecule has 0 saturated heterocycles. The van der Waals surface area contributed by atoms with Gasteiger partial charge in [0.25, 0.3) is 16.0 Å². The molecular weight excluding hydrogens is 337 g/mol. The Balaban J connectivity index is 2.46. The summed E-state index contributed by atoms with van der Waals surface area (Å²) in [5, 5.41) is 7.60. The minimum Gasteiger partial charge on any atom is -0.398 e. The van der Waals surface area contributed by atoms with Crippen LogP contribution in [0.25, 0.3) is 0 Å². The molecule has 21 heavy (non-hydrogen) atoms. The zero-order valence-corrected chi connectivity index (χ0v) is 13.4. The summed E-state index contributed by atoms with van der Waals surface area (Å²) in [6.07, 6.45) is 0. The molecule has 1 aromatic carbocycles. The first-order chi connectivity index (χ1) is 9.70. The predicted molar refractivity (Wildman–Crippen MR) is 81.0 cm³/mol.